The number of fused-ring (bicyclic) bond motifs is 3. The van der Waals surface area contributed by atoms with Crippen molar-refractivity contribution < 1.29 is 37.7 Å². The Morgan fingerprint density at radius 3 is 2.43 bits per heavy atom. The molecule has 3 aliphatic rings. The molecule has 1 atom stereocenters. The number of aromatic hydroxyl groups is 1. The van der Waals surface area contributed by atoms with Gasteiger partial charge in [0.25, 0.3) is 18.2 Å². The highest BCUT2D eigenvalue weighted by Crippen LogP contribution is 2.42. The Labute approximate surface area is 333 Å². The zero-order valence-corrected chi connectivity index (χ0v) is 32.1. The fraction of sp³-hybridized carbons (Fsp3) is 0.295. The van der Waals surface area contributed by atoms with Crippen molar-refractivity contribution in [3.63, 3.8) is 0 Å². The number of anilines is 2. The second-order valence-electron chi connectivity index (χ2n) is 14.9. The Hall–Kier alpha value is -6.25. The van der Waals surface area contributed by atoms with E-state index in [0.717, 1.165) is 24.0 Å². The van der Waals surface area contributed by atoms with Crippen LogP contribution >= 0.6 is 0 Å². The molecule has 3 aromatic heterocycles. The lowest BCUT2D eigenvalue weighted by atomic mass is 9.92. The van der Waals surface area contributed by atoms with Crippen molar-refractivity contribution in [3.05, 3.63) is 119 Å². The first-order valence-electron chi connectivity index (χ1n) is 19.3. The first-order valence-corrected chi connectivity index (χ1v) is 19.3. The number of rotatable bonds is 9. The van der Waals surface area contributed by atoms with Crippen molar-refractivity contribution in [2.24, 2.45) is 7.05 Å². The number of alkyl halides is 2. The monoisotopic (exact) mass is 788 g/mol. The zero-order chi connectivity index (χ0) is 40.1. The molecule has 1 N–H and O–H groups in total. The number of hydrogen-bond acceptors (Lipinski definition) is 8. The van der Waals surface area contributed by atoms with Gasteiger partial charge in [-0.25, -0.2) is 13.8 Å². The summed E-state index contributed by atoms with van der Waals surface area (Å²) in [5, 5.41) is 10.9. The maximum absolute atomic E-state index is 15.2. The number of amides is 2. The van der Waals surface area contributed by atoms with Crippen LogP contribution in [0, 0.1) is 6.92 Å². The molecule has 0 bridgehead atoms. The maximum Gasteiger partial charge on any atom is 0.264 e. The number of aryl methyl sites for hydroxylation is 1. The lowest BCUT2D eigenvalue weighted by molar-refractivity contribution is 0.0193. The molecular weight excluding hydrogens is 747 g/mol. The number of phenolic OH excluding ortho intramolecular Hbond substituents is 1. The molecule has 0 saturated carbocycles. The SMILES string of the molecule is Cc1c(C(=O)N(c2ccc(O)cc2)c2cnc3c(ccn3C)c2)cc(-c2cc3c(cc2C(=O)N2Cc4ccccc4C[C@H]2CN2CCOCC2)OCO3)n1CC(F)F. The van der Waals surface area contributed by atoms with Gasteiger partial charge in [-0.15, -0.1) is 0 Å². The highest BCUT2D eigenvalue weighted by Gasteiger charge is 2.36. The Kier molecular flexibility index (Phi) is 9.82. The van der Waals surface area contributed by atoms with Gasteiger partial charge >= 0.3 is 0 Å². The predicted octanol–water partition coefficient (Wildman–Crippen LogP) is 6.93. The van der Waals surface area contributed by atoms with E-state index in [-0.39, 0.29) is 47.0 Å². The van der Waals surface area contributed by atoms with E-state index in [2.05, 4.69) is 16.0 Å². The summed E-state index contributed by atoms with van der Waals surface area (Å²) in [6.45, 7) is 4.57. The van der Waals surface area contributed by atoms with E-state index in [1.807, 2.05) is 53.0 Å². The summed E-state index contributed by atoms with van der Waals surface area (Å²) in [5.41, 5.74) is 5.07. The number of carbonyl (C=O) groups excluding carboxylic acids is 2. The minimum Gasteiger partial charge on any atom is -0.508 e. The van der Waals surface area contributed by atoms with E-state index in [0.29, 0.717) is 66.8 Å². The number of nitrogens with zero attached hydrogens (tertiary/aromatic N) is 6. The van der Waals surface area contributed by atoms with Crippen molar-refractivity contribution >= 4 is 34.2 Å². The topological polar surface area (TPSA) is 115 Å². The second kappa shape index (κ2) is 15.3. The number of benzene rings is 3. The number of morpholine rings is 1. The summed E-state index contributed by atoms with van der Waals surface area (Å²) >= 11 is 0. The molecule has 14 heteroatoms. The van der Waals surface area contributed by atoms with Crippen LogP contribution in [0.2, 0.25) is 0 Å². The van der Waals surface area contributed by atoms with Crippen molar-refractivity contribution in [3.8, 4) is 28.5 Å². The molecule has 1 fully saturated rings. The molecular formula is C44H42F2N6O6. The molecule has 298 valence electrons. The first kappa shape index (κ1) is 37.3. The van der Waals surface area contributed by atoms with Crippen molar-refractivity contribution in [1.29, 1.82) is 0 Å². The van der Waals surface area contributed by atoms with Crippen LogP contribution in [0.4, 0.5) is 20.2 Å². The van der Waals surface area contributed by atoms with Gasteiger partial charge < -0.3 is 33.4 Å². The van der Waals surface area contributed by atoms with Gasteiger partial charge in [-0.05, 0) is 79.1 Å². The Balaban J connectivity index is 1.17. The van der Waals surface area contributed by atoms with Crippen LogP contribution in [0.1, 0.15) is 37.5 Å². The minimum atomic E-state index is -2.78. The summed E-state index contributed by atoms with van der Waals surface area (Å²) in [7, 11) is 1.87. The number of carbonyl (C=O) groups is 2. The van der Waals surface area contributed by atoms with Gasteiger partial charge in [-0.1, -0.05) is 24.3 Å². The van der Waals surface area contributed by atoms with Crippen LogP contribution in [-0.4, -0.2) is 92.9 Å². The normalized spacial score (nSPS) is 16.6. The zero-order valence-electron chi connectivity index (χ0n) is 32.1. The van der Waals surface area contributed by atoms with Gasteiger partial charge in [0, 0.05) is 67.8 Å². The van der Waals surface area contributed by atoms with E-state index >= 15 is 4.79 Å². The van der Waals surface area contributed by atoms with E-state index < -0.39 is 18.9 Å². The quantitative estimate of drug-likeness (QED) is 0.168. The van der Waals surface area contributed by atoms with E-state index in [1.165, 1.54) is 27.2 Å². The minimum absolute atomic E-state index is 0.0127. The maximum atomic E-state index is 15.2. The Bertz CT molecular complexity index is 2530. The summed E-state index contributed by atoms with van der Waals surface area (Å²) in [5.74, 6) is -0.0512. The van der Waals surface area contributed by atoms with Gasteiger partial charge in [0.05, 0.1) is 48.5 Å². The van der Waals surface area contributed by atoms with Crippen molar-refractivity contribution in [1.82, 2.24) is 23.9 Å². The molecule has 1 saturated heterocycles. The highest BCUT2D eigenvalue weighted by molar-refractivity contribution is 6.13. The second-order valence-corrected chi connectivity index (χ2v) is 14.9. The third-order valence-electron chi connectivity index (χ3n) is 11.4. The highest BCUT2D eigenvalue weighted by atomic mass is 19.3. The molecule has 6 heterocycles. The molecule has 0 unspecified atom stereocenters. The molecule has 12 nitrogen and oxygen atoms in total. The number of aromatic nitrogens is 3. The van der Waals surface area contributed by atoms with Crippen LogP contribution in [0.3, 0.4) is 0 Å². The third kappa shape index (κ3) is 6.92. The molecule has 2 amide bonds. The summed E-state index contributed by atoms with van der Waals surface area (Å²) in [4.78, 5) is 40.4. The van der Waals surface area contributed by atoms with Crippen molar-refractivity contribution in [2.75, 3.05) is 44.5 Å². The lowest BCUT2D eigenvalue weighted by Crippen LogP contribution is -2.52. The molecule has 3 aliphatic heterocycles. The van der Waals surface area contributed by atoms with Gasteiger partial charge in [0.2, 0.25) is 6.79 Å². The van der Waals surface area contributed by atoms with Crippen molar-refractivity contribution in [2.45, 2.75) is 38.9 Å². The van der Waals surface area contributed by atoms with Gasteiger partial charge in [-0.2, -0.15) is 0 Å². The van der Waals surface area contributed by atoms with Crippen LogP contribution < -0.4 is 14.4 Å². The molecule has 0 radical (unpaired) electrons. The first-order chi connectivity index (χ1) is 28.1. The summed E-state index contributed by atoms with van der Waals surface area (Å²) in [6.07, 6.45) is 1.32. The van der Waals surface area contributed by atoms with Crippen LogP contribution in [0.15, 0.2) is 91.3 Å². The van der Waals surface area contributed by atoms with Crippen LogP contribution in [0.5, 0.6) is 17.2 Å². The molecule has 0 spiro atoms. The Morgan fingerprint density at radius 2 is 1.67 bits per heavy atom. The average Bonchev–Trinajstić information content (AvgIpc) is 3.94. The van der Waals surface area contributed by atoms with Crippen LogP contribution in [-0.2, 0) is 31.3 Å². The summed E-state index contributed by atoms with van der Waals surface area (Å²) in [6, 6.07) is 22.7. The predicted molar refractivity (Wildman–Crippen MR) is 213 cm³/mol. The van der Waals surface area contributed by atoms with Gasteiger partial charge in [-0.3, -0.25) is 19.4 Å². The van der Waals surface area contributed by atoms with E-state index in [9.17, 15) is 18.7 Å². The number of hydrogen-bond donors (Lipinski definition) is 1. The number of halogens is 2. The molecule has 58 heavy (non-hydrogen) atoms. The molecule has 3 aromatic carbocycles. The Morgan fingerprint density at radius 1 is 0.931 bits per heavy atom. The fourth-order valence-electron chi connectivity index (χ4n) is 8.38. The van der Waals surface area contributed by atoms with Gasteiger partial charge in [0.1, 0.15) is 11.4 Å². The van der Waals surface area contributed by atoms with E-state index in [4.69, 9.17) is 14.2 Å². The molecule has 9 rings (SSSR count). The van der Waals surface area contributed by atoms with Crippen LogP contribution in [0.25, 0.3) is 22.3 Å². The number of phenols is 1. The van der Waals surface area contributed by atoms with Gasteiger partial charge in [0.15, 0.2) is 11.5 Å². The third-order valence-corrected chi connectivity index (χ3v) is 11.4. The fourth-order valence-corrected chi connectivity index (χ4v) is 8.38. The average molecular weight is 789 g/mol. The number of pyridine rings is 1. The smallest absolute Gasteiger partial charge is 0.264 e. The number of ether oxygens (including phenoxy) is 3. The standard InChI is InChI=1S/C44H42F2N6O6/c1-27-35(44(55)52(31-7-9-34(53)10-8-31)32-18-29-11-12-48(2)42(29)47-22-32)19-38(50(27)25-41(45)46)36-20-39-40(58-26-57-39)21-37(36)43(54)51-23-30-6-4-3-5-28(30)17-33(51)24-49-13-15-56-16-14-49/h3-12,18-22,33,41,53H,13-17,23-26H2,1-2H3/t33-/m0/s1. The molecule has 0 aliphatic carbocycles. The lowest BCUT2D eigenvalue weighted by Gasteiger charge is -2.40. The largest absolute Gasteiger partial charge is 0.508 e. The summed E-state index contributed by atoms with van der Waals surface area (Å²) < 4.78 is 49.6. The molecule has 6 aromatic rings. The van der Waals surface area contributed by atoms with E-state index in [1.54, 1.807) is 43.5 Å².